The van der Waals surface area contributed by atoms with Crippen LogP contribution in [-0.4, -0.2) is 24.3 Å². The SMILES string of the molecule is c1ccc(-c2ccc3c(c2)cc(-c2nc(-c4ccccc4)nc(-c4ccc5c(c4)oc4ccccc45)n2)c2nc4ccccc4n23)cc1. The normalized spacial score (nSPS) is 11.8. The van der Waals surface area contributed by atoms with Crippen molar-refractivity contribution >= 4 is 49.5 Å². The topological polar surface area (TPSA) is 69.1 Å². The van der Waals surface area contributed by atoms with Gasteiger partial charge in [-0.15, -0.1) is 0 Å². The van der Waals surface area contributed by atoms with Crippen LogP contribution in [0.3, 0.4) is 0 Å². The van der Waals surface area contributed by atoms with E-state index in [-0.39, 0.29) is 0 Å². The second kappa shape index (κ2) is 10.4. The quantitative estimate of drug-likeness (QED) is 0.197. The molecule has 4 heterocycles. The lowest BCUT2D eigenvalue weighted by Gasteiger charge is -2.12. The predicted molar refractivity (Wildman–Crippen MR) is 193 cm³/mol. The van der Waals surface area contributed by atoms with E-state index in [2.05, 4.69) is 83.3 Å². The number of rotatable bonds is 4. The summed E-state index contributed by atoms with van der Waals surface area (Å²) in [6.45, 7) is 0. The van der Waals surface area contributed by atoms with Gasteiger partial charge in [-0.05, 0) is 59.7 Å². The molecule has 0 aliphatic rings. The number of hydrogen-bond acceptors (Lipinski definition) is 5. The van der Waals surface area contributed by atoms with Crippen LogP contribution in [0.2, 0.25) is 0 Å². The molecule has 0 amide bonds. The summed E-state index contributed by atoms with van der Waals surface area (Å²) in [5.41, 5.74) is 10.3. The maximum Gasteiger partial charge on any atom is 0.167 e. The number of pyridine rings is 1. The van der Waals surface area contributed by atoms with Crippen molar-refractivity contribution in [2.45, 2.75) is 0 Å². The summed E-state index contributed by atoms with van der Waals surface area (Å²) in [6.07, 6.45) is 0. The fourth-order valence-corrected chi connectivity index (χ4v) is 6.73. The van der Waals surface area contributed by atoms with E-state index < -0.39 is 0 Å². The van der Waals surface area contributed by atoms with E-state index >= 15 is 0 Å². The minimum atomic E-state index is 0.552. The minimum absolute atomic E-state index is 0.552. The van der Waals surface area contributed by atoms with Gasteiger partial charge < -0.3 is 4.42 Å². The molecule has 0 atom stereocenters. The van der Waals surface area contributed by atoms with Gasteiger partial charge in [0.2, 0.25) is 0 Å². The summed E-state index contributed by atoms with van der Waals surface area (Å²) in [4.78, 5) is 20.4. The molecule has 0 radical (unpaired) electrons. The van der Waals surface area contributed by atoms with Gasteiger partial charge in [-0.1, -0.05) is 103 Å². The van der Waals surface area contributed by atoms with Gasteiger partial charge in [-0.3, -0.25) is 4.40 Å². The van der Waals surface area contributed by atoms with Gasteiger partial charge in [0.15, 0.2) is 17.5 Å². The van der Waals surface area contributed by atoms with Crippen molar-refractivity contribution in [1.29, 1.82) is 0 Å². The Kier molecular flexibility index (Phi) is 5.77. The summed E-state index contributed by atoms with van der Waals surface area (Å²) in [6, 6.07) is 51.7. The van der Waals surface area contributed by atoms with Crippen molar-refractivity contribution in [3.8, 4) is 45.3 Å². The van der Waals surface area contributed by atoms with Crippen LogP contribution < -0.4 is 0 Å². The van der Waals surface area contributed by atoms with Gasteiger partial charge in [0.05, 0.1) is 22.1 Å². The summed E-state index contributed by atoms with van der Waals surface area (Å²) in [7, 11) is 0. The average molecular weight is 616 g/mol. The minimum Gasteiger partial charge on any atom is -0.456 e. The zero-order valence-electron chi connectivity index (χ0n) is 25.6. The first-order chi connectivity index (χ1) is 23.8. The Labute approximate surface area is 274 Å². The largest absolute Gasteiger partial charge is 0.456 e. The molecule has 6 aromatic carbocycles. The molecular weight excluding hydrogens is 590 g/mol. The third-order valence-electron chi connectivity index (χ3n) is 9.02. The molecule has 0 N–H and O–H groups in total. The van der Waals surface area contributed by atoms with E-state index in [9.17, 15) is 0 Å². The number of fused-ring (bicyclic) bond motifs is 8. The fourth-order valence-electron chi connectivity index (χ4n) is 6.73. The molecular formula is C42H25N5O. The number of imidazole rings is 1. The van der Waals surface area contributed by atoms with Crippen LogP contribution in [0.15, 0.2) is 156 Å². The highest BCUT2D eigenvalue weighted by atomic mass is 16.3. The summed E-state index contributed by atoms with van der Waals surface area (Å²) >= 11 is 0. The van der Waals surface area contributed by atoms with Gasteiger partial charge >= 0.3 is 0 Å². The molecule has 0 saturated heterocycles. The van der Waals surface area contributed by atoms with Crippen LogP contribution in [0, 0.1) is 0 Å². The standard InChI is InChI=1S/C42H25N5O/c1-3-11-26(12-4-1)28-20-22-35-30(23-28)24-33(42-43-34-16-8-9-17-36(34)47(35)42)41-45-39(27-13-5-2-6-14-27)44-40(46-41)29-19-21-32-31-15-7-10-18-37(31)48-38(32)25-29/h1-25H. The molecule has 0 bridgehead atoms. The lowest BCUT2D eigenvalue weighted by Crippen LogP contribution is -2.02. The third kappa shape index (κ3) is 4.20. The van der Waals surface area contributed by atoms with Crippen molar-refractivity contribution in [2.75, 3.05) is 0 Å². The highest BCUT2D eigenvalue weighted by Gasteiger charge is 2.20. The maximum atomic E-state index is 6.25. The fraction of sp³-hybridized carbons (Fsp3) is 0. The molecule has 48 heavy (non-hydrogen) atoms. The summed E-state index contributed by atoms with van der Waals surface area (Å²) in [5, 5.41) is 3.20. The number of furan rings is 1. The number of hydrogen-bond donors (Lipinski definition) is 0. The van der Waals surface area contributed by atoms with E-state index in [0.717, 1.165) is 77.3 Å². The molecule has 4 aromatic heterocycles. The Morgan fingerprint density at radius 2 is 1.08 bits per heavy atom. The molecule has 0 unspecified atom stereocenters. The van der Waals surface area contributed by atoms with Crippen LogP contribution in [0.1, 0.15) is 0 Å². The van der Waals surface area contributed by atoms with Crippen LogP contribution in [0.25, 0.3) is 94.8 Å². The van der Waals surface area contributed by atoms with Gasteiger partial charge in [0.1, 0.15) is 16.8 Å². The third-order valence-corrected chi connectivity index (χ3v) is 9.02. The van der Waals surface area contributed by atoms with E-state index in [1.54, 1.807) is 0 Å². The Morgan fingerprint density at radius 1 is 0.417 bits per heavy atom. The molecule has 6 nitrogen and oxygen atoms in total. The molecule has 0 spiro atoms. The van der Waals surface area contributed by atoms with E-state index in [1.807, 2.05) is 72.8 Å². The second-order valence-electron chi connectivity index (χ2n) is 11.9. The molecule has 10 rings (SSSR count). The first kappa shape index (κ1) is 26.5. The van der Waals surface area contributed by atoms with Crippen LogP contribution in [-0.2, 0) is 0 Å². The number of aromatic nitrogens is 5. The first-order valence-corrected chi connectivity index (χ1v) is 15.9. The lowest BCUT2D eigenvalue weighted by atomic mass is 10.0. The van der Waals surface area contributed by atoms with Crippen LogP contribution >= 0.6 is 0 Å². The maximum absolute atomic E-state index is 6.25. The van der Waals surface area contributed by atoms with Crippen LogP contribution in [0.5, 0.6) is 0 Å². The van der Waals surface area contributed by atoms with Crippen molar-refractivity contribution in [2.24, 2.45) is 0 Å². The highest BCUT2D eigenvalue weighted by Crippen LogP contribution is 2.36. The second-order valence-corrected chi connectivity index (χ2v) is 11.9. The van der Waals surface area contributed by atoms with Crippen LogP contribution in [0.4, 0.5) is 0 Å². The van der Waals surface area contributed by atoms with Gasteiger partial charge in [0, 0.05) is 27.3 Å². The molecule has 10 aromatic rings. The van der Waals surface area contributed by atoms with Crippen molar-refractivity contribution < 1.29 is 4.42 Å². The van der Waals surface area contributed by atoms with Crippen molar-refractivity contribution in [3.63, 3.8) is 0 Å². The first-order valence-electron chi connectivity index (χ1n) is 15.9. The summed E-state index contributed by atoms with van der Waals surface area (Å²) in [5.74, 6) is 1.71. The van der Waals surface area contributed by atoms with Gasteiger partial charge in [-0.2, -0.15) is 0 Å². The zero-order chi connectivity index (χ0) is 31.6. The monoisotopic (exact) mass is 615 g/mol. The Balaban J connectivity index is 1.25. The number of para-hydroxylation sites is 3. The average Bonchev–Trinajstić information content (AvgIpc) is 3.73. The molecule has 0 saturated carbocycles. The van der Waals surface area contributed by atoms with Gasteiger partial charge in [-0.25, -0.2) is 19.9 Å². The predicted octanol–water partition coefficient (Wildman–Crippen LogP) is 10.4. The molecule has 224 valence electrons. The van der Waals surface area contributed by atoms with Gasteiger partial charge in [0.25, 0.3) is 0 Å². The molecule has 0 aliphatic heterocycles. The molecule has 0 fully saturated rings. The lowest BCUT2D eigenvalue weighted by molar-refractivity contribution is 0.669. The Morgan fingerprint density at radius 3 is 1.94 bits per heavy atom. The number of nitrogens with zero attached hydrogens (tertiary/aromatic N) is 5. The van der Waals surface area contributed by atoms with E-state index in [1.165, 1.54) is 0 Å². The highest BCUT2D eigenvalue weighted by molar-refractivity contribution is 6.06. The molecule has 0 aliphatic carbocycles. The molecule has 6 heteroatoms. The van der Waals surface area contributed by atoms with E-state index in [0.29, 0.717) is 17.5 Å². The smallest absolute Gasteiger partial charge is 0.167 e. The number of benzene rings is 6. The Bertz CT molecular complexity index is 2840. The van der Waals surface area contributed by atoms with E-state index in [4.69, 9.17) is 24.4 Å². The van der Waals surface area contributed by atoms with Crippen molar-refractivity contribution in [1.82, 2.24) is 24.3 Å². The Hall–Kier alpha value is -6.66. The zero-order valence-corrected chi connectivity index (χ0v) is 25.6. The van der Waals surface area contributed by atoms with Crippen molar-refractivity contribution in [3.05, 3.63) is 152 Å². The summed E-state index contributed by atoms with van der Waals surface area (Å²) < 4.78 is 8.47.